The average molecular weight is 1130 g/mol. The van der Waals surface area contributed by atoms with Gasteiger partial charge >= 0.3 is 17.9 Å². The minimum Gasteiger partial charge on any atom is -0.462 e. The van der Waals surface area contributed by atoms with Crippen LogP contribution < -0.4 is 0 Å². The summed E-state index contributed by atoms with van der Waals surface area (Å²) in [4.78, 5) is 38.3. The van der Waals surface area contributed by atoms with Crippen molar-refractivity contribution < 1.29 is 28.6 Å². The number of carbonyl (C=O) groups excluding carboxylic acids is 3. The minimum atomic E-state index is -0.780. The first kappa shape index (κ1) is 77.9. The first-order chi connectivity index (χ1) is 40.0. The summed E-state index contributed by atoms with van der Waals surface area (Å²) in [6, 6.07) is 0. The van der Waals surface area contributed by atoms with E-state index in [1.165, 1.54) is 231 Å². The van der Waals surface area contributed by atoms with Crippen LogP contribution in [0.15, 0.2) is 72.9 Å². The Bertz CT molecular complexity index is 1490. The van der Waals surface area contributed by atoms with Gasteiger partial charge in [0.25, 0.3) is 0 Å². The summed E-state index contributed by atoms with van der Waals surface area (Å²) < 4.78 is 16.9. The Morgan fingerprint density at radius 3 is 0.778 bits per heavy atom. The molecule has 0 aliphatic rings. The summed E-state index contributed by atoms with van der Waals surface area (Å²) in [5.41, 5.74) is 0. The van der Waals surface area contributed by atoms with E-state index in [9.17, 15) is 14.4 Å². The van der Waals surface area contributed by atoms with Gasteiger partial charge in [0.15, 0.2) is 6.10 Å². The summed E-state index contributed by atoms with van der Waals surface area (Å²) in [5, 5.41) is 0. The SMILES string of the molecule is CC/C=C\C/C=C\C/C=C\C/C=C\CCCCCCCCCCCCCCCCCCCCCCCCC(=O)OCC(COC(=O)CCCCCCC/C=C\CCCCCC)OC(=O)CCCCCCC/C=C\CCCCCCCC. The topological polar surface area (TPSA) is 78.9 Å². The second-order valence-electron chi connectivity index (χ2n) is 23.8. The summed E-state index contributed by atoms with van der Waals surface area (Å²) in [6.07, 6.45) is 90.9. The first-order valence-corrected chi connectivity index (χ1v) is 35.4. The molecule has 0 radical (unpaired) electrons. The molecule has 1 atom stereocenters. The third-order valence-electron chi connectivity index (χ3n) is 15.7. The number of allylic oxidation sites excluding steroid dienone is 12. The highest BCUT2D eigenvalue weighted by Gasteiger charge is 2.19. The zero-order valence-corrected chi connectivity index (χ0v) is 54.1. The highest BCUT2D eigenvalue weighted by Crippen LogP contribution is 2.18. The Hall–Kier alpha value is -3.15. The van der Waals surface area contributed by atoms with Crippen LogP contribution in [0, 0.1) is 0 Å². The number of hydrogen-bond donors (Lipinski definition) is 0. The highest BCUT2D eigenvalue weighted by atomic mass is 16.6. The maximum absolute atomic E-state index is 12.9. The van der Waals surface area contributed by atoms with Gasteiger partial charge in [0.1, 0.15) is 13.2 Å². The lowest BCUT2D eigenvalue weighted by atomic mass is 10.0. The molecule has 0 N–H and O–H groups in total. The fourth-order valence-corrected chi connectivity index (χ4v) is 10.4. The third-order valence-corrected chi connectivity index (χ3v) is 15.7. The van der Waals surface area contributed by atoms with Gasteiger partial charge in [-0.2, -0.15) is 0 Å². The number of ether oxygens (including phenoxy) is 3. The summed E-state index contributed by atoms with van der Waals surface area (Å²) >= 11 is 0. The lowest BCUT2D eigenvalue weighted by Crippen LogP contribution is -2.30. The van der Waals surface area contributed by atoms with Crippen LogP contribution in [-0.2, 0) is 28.6 Å². The lowest BCUT2D eigenvalue weighted by molar-refractivity contribution is -0.167. The van der Waals surface area contributed by atoms with Crippen molar-refractivity contribution in [1.82, 2.24) is 0 Å². The van der Waals surface area contributed by atoms with Gasteiger partial charge in [0.05, 0.1) is 0 Å². The Balaban J connectivity index is 4.08. The van der Waals surface area contributed by atoms with E-state index >= 15 is 0 Å². The molecule has 470 valence electrons. The van der Waals surface area contributed by atoms with Gasteiger partial charge in [0, 0.05) is 19.3 Å². The number of rotatable bonds is 65. The molecule has 81 heavy (non-hydrogen) atoms. The van der Waals surface area contributed by atoms with Crippen LogP contribution in [0.25, 0.3) is 0 Å². The van der Waals surface area contributed by atoms with Gasteiger partial charge in [0.2, 0.25) is 0 Å². The number of unbranched alkanes of at least 4 members (excludes halogenated alkanes) is 42. The van der Waals surface area contributed by atoms with Crippen molar-refractivity contribution in [2.24, 2.45) is 0 Å². The van der Waals surface area contributed by atoms with Crippen LogP contribution in [0.5, 0.6) is 0 Å². The van der Waals surface area contributed by atoms with E-state index in [0.717, 1.165) is 96.3 Å². The molecule has 0 aliphatic carbocycles. The van der Waals surface area contributed by atoms with Crippen molar-refractivity contribution >= 4 is 17.9 Å². The number of carbonyl (C=O) groups is 3. The lowest BCUT2D eigenvalue weighted by Gasteiger charge is -2.18. The second kappa shape index (κ2) is 69.3. The zero-order chi connectivity index (χ0) is 58.5. The Morgan fingerprint density at radius 2 is 0.481 bits per heavy atom. The molecule has 0 aliphatic heterocycles. The standard InChI is InChI=1S/C75H134O6/c1-4-7-10-13-16-19-22-25-27-28-29-30-31-32-33-34-35-36-37-38-39-40-41-42-43-44-45-46-48-50-53-56-59-62-65-68-74(77)80-71-72(70-79-73(76)67-64-61-58-55-52-49-24-21-18-15-12-9-6-3)81-75(78)69-66-63-60-57-54-51-47-26-23-20-17-14-11-8-5-2/h7,10,16,19,21,24-27,29-30,47,72H,4-6,8-9,11-15,17-18,20,22-23,28,31-46,48-71H2,1-3H3/b10-7-,19-16-,24-21-,27-25-,30-29-,47-26-. The zero-order valence-electron chi connectivity index (χ0n) is 54.1. The van der Waals surface area contributed by atoms with Crippen molar-refractivity contribution in [3.05, 3.63) is 72.9 Å². The van der Waals surface area contributed by atoms with Crippen LogP contribution >= 0.6 is 0 Å². The van der Waals surface area contributed by atoms with Crippen molar-refractivity contribution in [3.63, 3.8) is 0 Å². The maximum Gasteiger partial charge on any atom is 0.306 e. The van der Waals surface area contributed by atoms with Gasteiger partial charge in [-0.1, -0.05) is 312 Å². The molecule has 0 spiro atoms. The van der Waals surface area contributed by atoms with E-state index in [4.69, 9.17) is 14.2 Å². The molecule has 6 nitrogen and oxygen atoms in total. The van der Waals surface area contributed by atoms with Crippen LogP contribution in [0.3, 0.4) is 0 Å². The molecule has 0 aromatic heterocycles. The van der Waals surface area contributed by atoms with Crippen molar-refractivity contribution in [2.75, 3.05) is 13.2 Å². The molecule has 0 amide bonds. The normalized spacial score (nSPS) is 12.5. The summed E-state index contributed by atoms with van der Waals surface area (Å²) in [5.74, 6) is -0.873. The first-order valence-electron chi connectivity index (χ1n) is 35.4. The van der Waals surface area contributed by atoms with Crippen molar-refractivity contribution in [1.29, 1.82) is 0 Å². The third kappa shape index (κ3) is 67.5. The molecule has 0 aromatic carbocycles. The molecule has 0 saturated carbocycles. The molecule has 1 unspecified atom stereocenters. The predicted molar refractivity (Wildman–Crippen MR) is 353 cm³/mol. The molecule has 0 bridgehead atoms. The van der Waals surface area contributed by atoms with Gasteiger partial charge in [-0.15, -0.1) is 0 Å². The second-order valence-corrected chi connectivity index (χ2v) is 23.8. The minimum absolute atomic E-state index is 0.0761. The monoisotopic (exact) mass is 1130 g/mol. The quantitative estimate of drug-likeness (QED) is 0.0261. The fourth-order valence-electron chi connectivity index (χ4n) is 10.4. The summed E-state index contributed by atoms with van der Waals surface area (Å²) in [7, 11) is 0. The van der Waals surface area contributed by atoms with Gasteiger partial charge in [-0.05, 0) is 109 Å². The van der Waals surface area contributed by atoms with E-state index < -0.39 is 6.10 Å². The molecular formula is C75H134O6. The molecule has 0 fully saturated rings. The molecular weight excluding hydrogens is 997 g/mol. The molecule has 0 heterocycles. The Morgan fingerprint density at radius 1 is 0.259 bits per heavy atom. The predicted octanol–water partition coefficient (Wildman–Crippen LogP) is 24.4. The van der Waals surface area contributed by atoms with Gasteiger partial charge in [-0.25, -0.2) is 0 Å². The Kier molecular flexibility index (Phi) is 66.6. The fraction of sp³-hybridized carbons (Fsp3) is 0.800. The van der Waals surface area contributed by atoms with Crippen molar-refractivity contribution in [2.45, 2.75) is 374 Å². The highest BCUT2D eigenvalue weighted by molar-refractivity contribution is 5.71. The van der Waals surface area contributed by atoms with Crippen molar-refractivity contribution in [3.8, 4) is 0 Å². The van der Waals surface area contributed by atoms with E-state index in [0.29, 0.717) is 19.3 Å². The van der Waals surface area contributed by atoms with E-state index in [1.54, 1.807) is 0 Å². The van der Waals surface area contributed by atoms with E-state index in [2.05, 4.69) is 93.7 Å². The average Bonchev–Trinajstić information content (AvgIpc) is 3.46. The van der Waals surface area contributed by atoms with Gasteiger partial charge in [-0.3, -0.25) is 14.4 Å². The molecule has 0 aromatic rings. The van der Waals surface area contributed by atoms with Crippen LogP contribution in [0.4, 0.5) is 0 Å². The maximum atomic E-state index is 12.9. The van der Waals surface area contributed by atoms with Crippen LogP contribution in [-0.4, -0.2) is 37.2 Å². The van der Waals surface area contributed by atoms with E-state index in [1.807, 2.05) is 0 Å². The van der Waals surface area contributed by atoms with Crippen LogP contribution in [0.2, 0.25) is 0 Å². The largest absolute Gasteiger partial charge is 0.462 e. The van der Waals surface area contributed by atoms with Gasteiger partial charge < -0.3 is 14.2 Å². The van der Waals surface area contributed by atoms with Crippen LogP contribution in [0.1, 0.15) is 367 Å². The number of esters is 3. The molecule has 0 rings (SSSR count). The summed E-state index contributed by atoms with van der Waals surface area (Å²) in [6.45, 7) is 6.54. The number of hydrogen-bond acceptors (Lipinski definition) is 6. The molecule has 0 saturated heterocycles. The Labute approximate surface area is 503 Å². The van der Waals surface area contributed by atoms with E-state index in [-0.39, 0.29) is 31.1 Å². The smallest absolute Gasteiger partial charge is 0.306 e. The molecule has 6 heteroatoms.